The molecule has 0 saturated heterocycles. The van der Waals surface area contributed by atoms with Crippen molar-refractivity contribution in [3.05, 3.63) is 0 Å². The average Bonchev–Trinajstić information content (AvgIpc) is 2.31. The Morgan fingerprint density at radius 1 is 0.812 bits per heavy atom. The van der Waals surface area contributed by atoms with Crippen LogP contribution in [0.15, 0.2) is 0 Å². The summed E-state index contributed by atoms with van der Waals surface area (Å²) in [5, 5.41) is -0.0510. The monoisotopic (exact) mass is 300 g/mol. The second kappa shape index (κ2) is 13.3. The first-order valence-corrected chi connectivity index (χ1v) is 6.12. The summed E-state index contributed by atoms with van der Waals surface area (Å²) in [7, 11) is 3.27. The molecule has 0 aliphatic heterocycles. The highest BCUT2D eigenvalue weighted by molar-refractivity contribution is 9.09. The first-order valence-electron chi connectivity index (χ1n) is 5.20. The van der Waals surface area contributed by atoms with Gasteiger partial charge in [-0.3, -0.25) is 0 Å². The molecule has 0 aliphatic carbocycles. The maximum Gasteiger partial charge on any atom is 0.135 e. The Morgan fingerprint density at radius 3 is 1.81 bits per heavy atom. The third-order valence-corrected chi connectivity index (χ3v) is 2.32. The quantitative estimate of drug-likeness (QED) is 0.398. The molecule has 16 heavy (non-hydrogen) atoms. The van der Waals surface area contributed by atoms with Gasteiger partial charge in [0.2, 0.25) is 0 Å². The van der Waals surface area contributed by atoms with Crippen LogP contribution in [0, 0.1) is 0 Å². The van der Waals surface area contributed by atoms with Gasteiger partial charge in [0.05, 0.1) is 46.2 Å². The average molecular weight is 301 g/mol. The number of hydrogen-bond donors (Lipinski definition) is 0. The van der Waals surface area contributed by atoms with E-state index in [1.165, 1.54) is 0 Å². The summed E-state index contributed by atoms with van der Waals surface area (Å²) < 4.78 is 25.6. The molecule has 0 aromatic rings. The smallest absolute Gasteiger partial charge is 0.135 e. The van der Waals surface area contributed by atoms with Crippen LogP contribution in [0.1, 0.15) is 0 Å². The highest BCUT2D eigenvalue weighted by Crippen LogP contribution is 1.99. The summed E-state index contributed by atoms with van der Waals surface area (Å²) in [6, 6.07) is 0. The third-order valence-electron chi connectivity index (χ3n) is 1.68. The molecule has 0 amide bonds. The van der Waals surface area contributed by atoms with E-state index in [-0.39, 0.29) is 5.01 Å². The maximum atomic E-state index is 5.28. The van der Waals surface area contributed by atoms with Crippen LogP contribution in [0.5, 0.6) is 0 Å². The van der Waals surface area contributed by atoms with Gasteiger partial charge in [-0.05, 0) is 0 Å². The van der Waals surface area contributed by atoms with E-state index in [4.69, 9.17) is 23.7 Å². The lowest BCUT2D eigenvalue weighted by atomic mass is 10.7. The van der Waals surface area contributed by atoms with E-state index in [1.807, 2.05) is 0 Å². The topological polar surface area (TPSA) is 46.2 Å². The molecule has 1 atom stereocenters. The number of hydrogen-bond acceptors (Lipinski definition) is 5. The van der Waals surface area contributed by atoms with Gasteiger partial charge in [0.1, 0.15) is 5.01 Å². The van der Waals surface area contributed by atoms with Crippen LogP contribution in [-0.4, -0.2) is 65.5 Å². The zero-order valence-electron chi connectivity index (χ0n) is 9.95. The van der Waals surface area contributed by atoms with Crippen molar-refractivity contribution in [2.24, 2.45) is 0 Å². The van der Waals surface area contributed by atoms with Crippen molar-refractivity contribution >= 4 is 15.9 Å². The molecule has 0 aliphatic rings. The van der Waals surface area contributed by atoms with E-state index in [0.29, 0.717) is 46.2 Å². The van der Waals surface area contributed by atoms with Crippen molar-refractivity contribution in [2.45, 2.75) is 5.01 Å². The molecular weight excluding hydrogens is 280 g/mol. The summed E-state index contributed by atoms with van der Waals surface area (Å²) in [6.45, 7) is 4.03. The highest BCUT2D eigenvalue weighted by Gasteiger charge is 1.99. The van der Waals surface area contributed by atoms with E-state index < -0.39 is 0 Å². The van der Waals surface area contributed by atoms with Crippen LogP contribution in [0.25, 0.3) is 0 Å². The first-order chi connectivity index (χ1) is 7.81. The fourth-order valence-electron chi connectivity index (χ4n) is 0.826. The number of ether oxygens (including phenoxy) is 5. The number of rotatable bonds is 12. The summed E-state index contributed by atoms with van der Waals surface area (Å²) >= 11 is 3.28. The molecule has 0 saturated carbocycles. The summed E-state index contributed by atoms with van der Waals surface area (Å²) in [6.07, 6.45) is 0. The Kier molecular flexibility index (Phi) is 13.6. The molecule has 98 valence electrons. The lowest BCUT2D eigenvalue weighted by molar-refractivity contribution is -0.00703. The zero-order valence-corrected chi connectivity index (χ0v) is 11.5. The molecule has 0 rings (SSSR count). The van der Waals surface area contributed by atoms with Crippen LogP contribution in [0.2, 0.25) is 0 Å². The molecule has 6 heteroatoms. The van der Waals surface area contributed by atoms with Crippen LogP contribution in [-0.2, 0) is 23.7 Å². The van der Waals surface area contributed by atoms with Crippen molar-refractivity contribution in [1.82, 2.24) is 0 Å². The zero-order chi connectivity index (χ0) is 12.1. The summed E-state index contributed by atoms with van der Waals surface area (Å²) in [5.74, 6) is 0. The molecule has 0 N–H and O–H groups in total. The standard InChI is InChI=1S/C10H21BrO5/c1-12-3-4-14-5-6-15-7-8-16-9-10(11)13-2/h10H,3-9H2,1-2H3. The minimum absolute atomic E-state index is 0.0510. The largest absolute Gasteiger partial charge is 0.382 e. The predicted molar refractivity (Wildman–Crippen MR) is 64.1 cm³/mol. The van der Waals surface area contributed by atoms with Gasteiger partial charge < -0.3 is 23.7 Å². The molecule has 0 heterocycles. The second-order valence-corrected chi connectivity index (χ2v) is 3.96. The Bertz CT molecular complexity index is 136. The summed E-state index contributed by atoms with van der Waals surface area (Å²) in [4.78, 5) is 0. The second-order valence-electron chi connectivity index (χ2n) is 2.94. The van der Waals surface area contributed by atoms with Crippen molar-refractivity contribution in [1.29, 1.82) is 0 Å². The van der Waals surface area contributed by atoms with Gasteiger partial charge in [-0.2, -0.15) is 0 Å². The molecule has 0 spiro atoms. The molecule has 0 radical (unpaired) electrons. The fourth-order valence-corrected chi connectivity index (χ4v) is 1.01. The maximum absolute atomic E-state index is 5.28. The van der Waals surface area contributed by atoms with Crippen molar-refractivity contribution in [2.75, 3.05) is 60.5 Å². The van der Waals surface area contributed by atoms with Gasteiger partial charge in [-0.15, -0.1) is 0 Å². The van der Waals surface area contributed by atoms with Gasteiger partial charge in [0, 0.05) is 14.2 Å². The number of halogens is 1. The van der Waals surface area contributed by atoms with E-state index in [0.717, 1.165) is 0 Å². The highest BCUT2D eigenvalue weighted by atomic mass is 79.9. The van der Waals surface area contributed by atoms with Crippen LogP contribution < -0.4 is 0 Å². The lowest BCUT2D eigenvalue weighted by Gasteiger charge is -2.09. The van der Waals surface area contributed by atoms with E-state index in [2.05, 4.69) is 15.9 Å². The van der Waals surface area contributed by atoms with Gasteiger partial charge in [0.25, 0.3) is 0 Å². The predicted octanol–water partition coefficient (Wildman–Crippen LogP) is 1.05. The van der Waals surface area contributed by atoms with Crippen LogP contribution in [0.4, 0.5) is 0 Å². The molecule has 0 aromatic carbocycles. The van der Waals surface area contributed by atoms with Crippen molar-refractivity contribution < 1.29 is 23.7 Å². The van der Waals surface area contributed by atoms with Gasteiger partial charge in [-0.1, -0.05) is 15.9 Å². The first kappa shape index (κ1) is 16.3. The van der Waals surface area contributed by atoms with Gasteiger partial charge in [-0.25, -0.2) is 0 Å². The molecule has 1 unspecified atom stereocenters. The number of methoxy groups -OCH3 is 2. The number of alkyl halides is 1. The fraction of sp³-hybridized carbons (Fsp3) is 1.00. The Labute approximate surface area is 105 Å². The van der Waals surface area contributed by atoms with Crippen molar-refractivity contribution in [3.8, 4) is 0 Å². The third kappa shape index (κ3) is 12.4. The molecule has 0 bridgehead atoms. The molecule has 5 nitrogen and oxygen atoms in total. The van der Waals surface area contributed by atoms with Crippen LogP contribution >= 0.6 is 15.9 Å². The Morgan fingerprint density at radius 2 is 1.31 bits per heavy atom. The van der Waals surface area contributed by atoms with Gasteiger partial charge in [0.15, 0.2) is 0 Å². The summed E-state index contributed by atoms with van der Waals surface area (Å²) in [5.41, 5.74) is 0. The van der Waals surface area contributed by atoms with E-state index >= 15 is 0 Å². The Balaban J connectivity index is 2.93. The van der Waals surface area contributed by atoms with E-state index in [9.17, 15) is 0 Å². The molecular formula is C10H21BrO5. The molecule has 0 fully saturated rings. The minimum atomic E-state index is -0.0510. The minimum Gasteiger partial charge on any atom is -0.382 e. The van der Waals surface area contributed by atoms with Crippen LogP contribution in [0.3, 0.4) is 0 Å². The lowest BCUT2D eigenvalue weighted by Crippen LogP contribution is -2.15. The SMILES string of the molecule is COCCOCCOCCOCC(Br)OC. The Hall–Kier alpha value is 0.280. The van der Waals surface area contributed by atoms with E-state index in [1.54, 1.807) is 14.2 Å². The van der Waals surface area contributed by atoms with Crippen molar-refractivity contribution in [3.63, 3.8) is 0 Å². The molecule has 0 aromatic heterocycles. The van der Waals surface area contributed by atoms with Gasteiger partial charge >= 0.3 is 0 Å². The normalized spacial score (nSPS) is 12.9.